The fourth-order valence-corrected chi connectivity index (χ4v) is 1.36. The second-order valence-corrected chi connectivity index (χ2v) is 4.82. The first kappa shape index (κ1) is 11.9. The molecule has 0 spiro atoms. The second kappa shape index (κ2) is 4.14. The van der Waals surface area contributed by atoms with Gasteiger partial charge < -0.3 is 11.1 Å². The molecule has 0 unspecified atom stereocenters. The molecule has 0 fully saturated rings. The van der Waals surface area contributed by atoms with E-state index in [2.05, 4.69) is 36.3 Å². The highest BCUT2D eigenvalue weighted by atomic mass is 15.2. The summed E-state index contributed by atoms with van der Waals surface area (Å²) in [5.41, 5.74) is 8.82. The molecule has 4 nitrogen and oxygen atoms in total. The number of aromatic nitrogens is 2. The average Bonchev–Trinajstić information content (AvgIpc) is 2.10. The van der Waals surface area contributed by atoms with Gasteiger partial charge in [-0.05, 0) is 40.2 Å². The van der Waals surface area contributed by atoms with E-state index < -0.39 is 0 Å². The Hall–Kier alpha value is -1.16. The molecule has 4 heteroatoms. The maximum atomic E-state index is 5.73. The number of nitrogens with zero attached hydrogens (tertiary/aromatic N) is 2. The molecular formula is C11H20N4. The fraction of sp³-hybridized carbons (Fsp3) is 0.636. The predicted molar refractivity (Wildman–Crippen MR) is 62.8 cm³/mol. The lowest BCUT2D eigenvalue weighted by atomic mass is 10.1. The van der Waals surface area contributed by atoms with Crippen molar-refractivity contribution in [1.29, 1.82) is 0 Å². The average molecular weight is 208 g/mol. The van der Waals surface area contributed by atoms with Crippen molar-refractivity contribution in [2.75, 3.05) is 5.32 Å². The van der Waals surface area contributed by atoms with Gasteiger partial charge in [-0.25, -0.2) is 0 Å². The van der Waals surface area contributed by atoms with Crippen LogP contribution in [0.5, 0.6) is 0 Å². The number of anilines is 1. The fourth-order valence-electron chi connectivity index (χ4n) is 1.36. The van der Waals surface area contributed by atoms with Crippen LogP contribution >= 0.6 is 0 Å². The zero-order valence-electron chi connectivity index (χ0n) is 10.2. The number of aryl methyl sites for hydroxylation is 1. The Balaban J connectivity index is 3.14. The van der Waals surface area contributed by atoms with Crippen LogP contribution in [0.2, 0.25) is 0 Å². The number of hydrogen-bond acceptors (Lipinski definition) is 4. The lowest BCUT2D eigenvalue weighted by Gasteiger charge is -2.23. The summed E-state index contributed by atoms with van der Waals surface area (Å²) < 4.78 is 0. The van der Waals surface area contributed by atoms with E-state index in [-0.39, 0.29) is 5.54 Å². The molecular weight excluding hydrogens is 188 g/mol. The number of hydrogen-bond donors (Lipinski definition) is 2. The van der Waals surface area contributed by atoms with Crippen LogP contribution in [-0.2, 0) is 6.54 Å². The summed E-state index contributed by atoms with van der Waals surface area (Å²) in [5.74, 6) is 0.799. The molecule has 0 bridgehead atoms. The van der Waals surface area contributed by atoms with Crippen LogP contribution in [0.1, 0.15) is 37.6 Å². The molecule has 3 N–H and O–H groups in total. The highest BCUT2D eigenvalue weighted by molar-refractivity contribution is 5.49. The normalized spacial score (nSPS) is 11.6. The Morgan fingerprint density at radius 3 is 2.27 bits per heavy atom. The van der Waals surface area contributed by atoms with Gasteiger partial charge in [0.05, 0.1) is 5.69 Å². The van der Waals surface area contributed by atoms with Crippen molar-refractivity contribution in [3.63, 3.8) is 0 Å². The molecule has 0 saturated heterocycles. The van der Waals surface area contributed by atoms with E-state index in [1.807, 2.05) is 13.8 Å². The second-order valence-electron chi connectivity index (χ2n) is 4.82. The summed E-state index contributed by atoms with van der Waals surface area (Å²) in [4.78, 5) is 0. The third kappa shape index (κ3) is 2.89. The van der Waals surface area contributed by atoms with Gasteiger partial charge in [0.25, 0.3) is 0 Å². The van der Waals surface area contributed by atoms with Crippen LogP contribution in [0.4, 0.5) is 5.82 Å². The van der Waals surface area contributed by atoms with Gasteiger partial charge in [0.1, 0.15) is 0 Å². The maximum absolute atomic E-state index is 5.73. The van der Waals surface area contributed by atoms with Crippen LogP contribution in [-0.4, -0.2) is 15.7 Å². The topological polar surface area (TPSA) is 63.8 Å². The van der Waals surface area contributed by atoms with Gasteiger partial charge in [0.2, 0.25) is 0 Å². The van der Waals surface area contributed by atoms with Gasteiger partial charge in [-0.1, -0.05) is 0 Å². The highest BCUT2D eigenvalue weighted by Crippen LogP contribution is 2.20. The molecule has 0 aromatic carbocycles. The summed E-state index contributed by atoms with van der Waals surface area (Å²) in [6.07, 6.45) is 0. The zero-order chi connectivity index (χ0) is 11.6. The SMILES string of the molecule is Cc1nnc(NC(C)(C)C)c(CN)c1C. The first-order chi connectivity index (χ1) is 6.85. The zero-order valence-corrected chi connectivity index (χ0v) is 10.2. The Kier molecular flexibility index (Phi) is 3.29. The van der Waals surface area contributed by atoms with Gasteiger partial charge in [-0.2, -0.15) is 5.10 Å². The first-order valence-corrected chi connectivity index (χ1v) is 5.16. The molecule has 0 aliphatic heterocycles. The molecule has 1 aromatic heterocycles. The lowest BCUT2D eigenvalue weighted by molar-refractivity contribution is 0.625. The Labute approximate surface area is 91.3 Å². The van der Waals surface area contributed by atoms with Crippen molar-refractivity contribution in [3.8, 4) is 0 Å². The Morgan fingerprint density at radius 2 is 1.80 bits per heavy atom. The van der Waals surface area contributed by atoms with Crippen LogP contribution in [0, 0.1) is 13.8 Å². The number of rotatable bonds is 2. The van der Waals surface area contributed by atoms with Crippen LogP contribution in [0.15, 0.2) is 0 Å². The Morgan fingerprint density at radius 1 is 1.20 bits per heavy atom. The largest absolute Gasteiger partial charge is 0.364 e. The minimum atomic E-state index is -0.0275. The molecule has 0 amide bonds. The maximum Gasteiger partial charge on any atom is 0.153 e. The predicted octanol–water partition coefficient (Wildman–Crippen LogP) is 1.76. The van der Waals surface area contributed by atoms with Gasteiger partial charge >= 0.3 is 0 Å². The van der Waals surface area contributed by atoms with E-state index in [0.717, 1.165) is 22.6 Å². The third-order valence-corrected chi connectivity index (χ3v) is 2.28. The standard InChI is InChI=1S/C11H20N4/c1-7-8(2)14-15-10(9(7)6-12)13-11(3,4)5/h6,12H2,1-5H3,(H,13,15). The van der Waals surface area contributed by atoms with E-state index >= 15 is 0 Å². The van der Waals surface area contributed by atoms with E-state index in [9.17, 15) is 0 Å². The summed E-state index contributed by atoms with van der Waals surface area (Å²) >= 11 is 0. The van der Waals surface area contributed by atoms with E-state index in [1.54, 1.807) is 0 Å². The molecule has 1 rings (SSSR count). The smallest absolute Gasteiger partial charge is 0.153 e. The van der Waals surface area contributed by atoms with Crippen molar-refractivity contribution in [3.05, 3.63) is 16.8 Å². The molecule has 0 radical (unpaired) electrons. The quantitative estimate of drug-likeness (QED) is 0.777. The monoisotopic (exact) mass is 208 g/mol. The summed E-state index contributed by atoms with van der Waals surface area (Å²) in [6.45, 7) is 10.7. The van der Waals surface area contributed by atoms with Crippen LogP contribution < -0.4 is 11.1 Å². The summed E-state index contributed by atoms with van der Waals surface area (Å²) in [6, 6.07) is 0. The molecule has 15 heavy (non-hydrogen) atoms. The molecule has 0 aliphatic rings. The highest BCUT2D eigenvalue weighted by Gasteiger charge is 2.15. The van der Waals surface area contributed by atoms with Gasteiger partial charge in [-0.3, -0.25) is 0 Å². The van der Waals surface area contributed by atoms with Crippen molar-refractivity contribution >= 4 is 5.82 Å². The molecule has 84 valence electrons. The Bertz CT molecular complexity index is 352. The van der Waals surface area contributed by atoms with Gasteiger partial charge in [-0.15, -0.1) is 5.10 Å². The van der Waals surface area contributed by atoms with Crippen molar-refractivity contribution < 1.29 is 0 Å². The van der Waals surface area contributed by atoms with Crippen molar-refractivity contribution in [2.24, 2.45) is 5.73 Å². The lowest BCUT2D eigenvalue weighted by Crippen LogP contribution is -2.28. The van der Waals surface area contributed by atoms with Crippen molar-refractivity contribution in [2.45, 2.75) is 46.7 Å². The molecule has 1 aromatic rings. The first-order valence-electron chi connectivity index (χ1n) is 5.16. The van der Waals surface area contributed by atoms with E-state index in [0.29, 0.717) is 6.54 Å². The van der Waals surface area contributed by atoms with Crippen molar-refractivity contribution in [1.82, 2.24) is 10.2 Å². The number of nitrogens with two attached hydrogens (primary N) is 1. The molecule has 0 saturated carbocycles. The molecule has 0 aliphatic carbocycles. The minimum absolute atomic E-state index is 0.0275. The van der Waals surface area contributed by atoms with Crippen LogP contribution in [0.25, 0.3) is 0 Å². The van der Waals surface area contributed by atoms with E-state index in [1.165, 1.54) is 0 Å². The summed E-state index contributed by atoms with van der Waals surface area (Å²) in [7, 11) is 0. The minimum Gasteiger partial charge on any atom is -0.364 e. The van der Waals surface area contributed by atoms with Gasteiger partial charge in [0, 0.05) is 17.6 Å². The summed E-state index contributed by atoms with van der Waals surface area (Å²) in [5, 5.41) is 11.6. The molecule has 1 heterocycles. The molecule has 0 atom stereocenters. The number of nitrogens with one attached hydrogen (secondary N) is 1. The van der Waals surface area contributed by atoms with Crippen LogP contribution in [0.3, 0.4) is 0 Å². The third-order valence-electron chi connectivity index (χ3n) is 2.28. The van der Waals surface area contributed by atoms with Gasteiger partial charge in [0.15, 0.2) is 5.82 Å². The van der Waals surface area contributed by atoms with E-state index in [4.69, 9.17) is 5.73 Å².